The molecule has 6 nitrogen and oxygen atoms in total. The number of alkyl halides is 1. The van der Waals surface area contributed by atoms with Gasteiger partial charge >= 0.3 is 12.2 Å². The van der Waals surface area contributed by atoms with Crippen molar-refractivity contribution < 1.29 is 23.5 Å². The fraction of sp³-hybridized carbons (Fsp3) is 0.440. The van der Waals surface area contributed by atoms with Crippen molar-refractivity contribution in [2.45, 2.75) is 50.9 Å². The Balaban J connectivity index is 1.32. The number of ether oxygens (including phenoxy) is 2. The van der Waals surface area contributed by atoms with Crippen molar-refractivity contribution >= 4 is 12.2 Å². The number of nitrogens with zero attached hydrogens (tertiary/aromatic N) is 1. The van der Waals surface area contributed by atoms with E-state index in [-0.39, 0.29) is 19.1 Å². The van der Waals surface area contributed by atoms with Crippen molar-refractivity contribution in [3.05, 3.63) is 59.7 Å². The Bertz CT molecular complexity index is 958. The van der Waals surface area contributed by atoms with Crippen molar-refractivity contribution in [3.63, 3.8) is 0 Å². The van der Waals surface area contributed by atoms with Gasteiger partial charge in [-0.25, -0.2) is 14.0 Å². The van der Waals surface area contributed by atoms with Crippen molar-refractivity contribution in [2.24, 2.45) is 0 Å². The molecule has 2 amide bonds. The second-order valence-corrected chi connectivity index (χ2v) is 9.31. The highest BCUT2D eigenvalue weighted by atomic mass is 19.1. The Morgan fingerprint density at radius 3 is 2.22 bits per heavy atom. The summed E-state index contributed by atoms with van der Waals surface area (Å²) in [6, 6.07) is 15.5. The van der Waals surface area contributed by atoms with Gasteiger partial charge in [0.05, 0.1) is 12.6 Å². The van der Waals surface area contributed by atoms with Crippen LogP contribution in [0.5, 0.6) is 0 Å². The van der Waals surface area contributed by atoms with Crippen molar-refractivity contribution in [2.75, 3.05) is 19.7 Å². The summed E-state index contributed by atoms with van der Waals surface area (Å²) in [5.74, 6) is -0.0525. The maximum atomic E-state index is 14.7. The maximum absolute atomic E-state index is 14.7. The average Bonchev–Trinajstić information content (AvgIpc) is 3.06. The Labute approximate surface area is 187 Å². The first-order valence-corrected chi connectivity index (χ1v) is 11.0. The number of fused-ring (bicyclic) bond motifs is 3. The molecule has 2 aromatic carbocycles. The summed E-state index contributed by atoms with van der Waals surface area (Å²) >= 11 is 0. The number of amides is 2. The number of rotatable bonds is 3. The lowest BCUT2D eigenvalue weighted by Crippen LogP contribution is -2.54. The molecule has 0 saturated carbocycles. The number of piperidine rings is 1. The van der Waals surface area contributed by atoms with E-state index < -0.39 is 30.0 Å². The summed E-state index contributed by atoms with van der Waals surface area (Å²) in [5, 5.41) is 2.63. The number of carbonyl (C=O) groups is 2. The average molecular weight is 441 g/mol. The lowest BCUT2D eigenvalue weighted by atomic mass is 9.98. The van der Waals surface area contributed by atoms with Crippen LogP contribution in [0, 0.1) is 0 Å². The van der Waals surface area contributed by atoms with Gasteiger partial charge in [0.2, 0.25) is 0 Å². The molecule has 4 rings (SSSR count). The molecule has 1 aliphatic heterocycles. The Morgan fingerprint density at radius 2 is 1.66 bits per heavy atom. The summed E-state index contributed by atoms with van der Waals surface area (Å²) in [5.41, 5.74) is 3.90. The summed E-state index contributed by atoms with van der Waals surface area (Å²) in [7, 11) is 0. The van der Waals surface area contributed by atoms with E-state index in [0.717, 1.165) is 22.3 Å². The molecule has 2 unspecified atom stereocenters. The van der Waals surface area contributed by atoms with E-state index in [1.807, 2.05) is 36.4 Å². The van der Waals surface area contributed by atoms with E-state index in [1.54, 1.807) is 20.8 Å². The monoisotopic (exact) mass is 440 g/mol. The Hall–Kier alpha value is -3.09. The molecule has 1 aliphatic carbocycles. The number of hydrogen-bond acceptors (Lipinski definition) is 4. The molecule has 0 bridgehead atoms. The number of hydrogen-bond donors (Lipinski definition) is 1. The molecule has 2 aromatic rings. The van der Waals surface area contributed by atoms with Crippen molar-refractivity contribution in [3.8, 4) is 11.1 Å². The highest BCUT2D eigenvalue weighted by Crippen LogP contribution is 2.44. The summed E-state index contributed by atoms with van der Waals surface area (Å²) in [6.07, 6.45) is -2.29. The van der Waals surface area contributed by atoms with Crippen LogP contribution in [0.25, 0.3) is 11.1 Å². The standard InChI is InChI=1S/C25H29FN2O4/c1-25(2,3)32-24(30)28-13-12-22(21(26)14-28)27-23(29)31-15-20-18-10-6-4-8-16(18)17-9-5-7-11-19(17)20/h4-11,20-22H,12-15H2,1-3H3,(H,27,29). The third-order valence-electron chi connectivity index (χ3n) is 5.84. The third kappa shape index (κ3) is 4.71. The zero-order chi connectivity index (χ0) is 22.9. The highest BCUT2D eigenvalue weighted by Gasteiger charge is 2.35. The van der Waals surface area contributed by atoms with Crippen LogP contribution in [0.2, 0.25) is 0 Å². The predicted molar refractivity (Wildman–Crippen MR) is 119 cm³/mol. The van der Waals surface area contributed by atoms with E-state index in [2.05, 4.69) is 17.4 Å². The zero-order valence-electron chi connectivity index (χ0n) is 18.6. The number of benzene rings is 2. The van der Waals surface area contributed by atoms with Crippen LogP contribution in [0.4, 0.5) is 14.0 Å². The molecule has 0 aromatic heterocycles. The molecule has 1 N–H and O–H groups in total. The fourth-order valence-electron chi connectivity index (χ4n) is 4.35. The number of nitrogens with one attached hydrogen (secondary N) is 1. The molecule has 1 saturated heterocycles. The number of alkyl carbamates (subject to hydrolysis) is 1. The summed E-state index contributed by atoms with van der Waals surface area (Å²) in [4.78, 5) is 25.9. The van der Waals surface area contributed by atoms with Crippen LogP contribution in [0.15, 0.2) is 48.5 Å². The van der Waals surface area contributed by atoms with Gasteiger partial charge in [-0.05, 0) is 49.4 Å². The van der Waals surface area contributed by atoms with Gasteiger partial charge in [-0.2, -0.15) is 0 Å². The SMILES string of the molecule is CC(C)(C)OC(=O)N1CCC(NC(=O)OCC2c3ccccc3-c3ccccc32)C(F)C1. The summed E-state index contributed by atoms with van der Waals surface area (Å²) < 4.78 is 25.5. The minimum atomic E-state index is -1.39. The van der Waals surface area contributed by atoms with Gasteiger partial charge in [-0.1, -0.05) is 48.5 Å². The molecule has 2 aliphatic rings. The topological polar surface area (TPSA) is 67.9 Å². The molecule has 170 valence electrons. The second-order valence-electron chi connectivity index (χ2n) is 9.31. The van der Waals surface area contributed by atoms with E-state index >= 15 is 0 Å². The predicted octanol–water partition coefficient (Wildman–Crippen LogP) is 4.87. The lowest BCUT2D eigenvalue weighted by Gasteiger charge is -2.35. The summed E-state index contributed by atoms with van der Waals surface area (Å²) in [6.45, 7) is 5.66. The molecule has 32 heavy (non-hydrogen) atoms. The third-order valence-corrected chi connectivity index (χ3v) is 5.84. The Kier molecular flexibility index (Phi) is 6.09. The van der Waals surface area contributed by atoms with Gasteiger partial charge in [-0.3, -0.25) is 0 Å². The van der Waals surface area contributed by atoms with Crippen LogP contribution < -0.4 is 5.32 Å². The minimum Gasteiger partial charge on any atom is -0.449 e. The van der Waals surface area contributed by atoms with Crippen LogP contribution in [0.3, 0.4) is 0 Å². The van der Waals surface area contributed by atoms with Crippen LogP contribution in [-0.4, -0.2) is 54.6 Å². The van der Waals surface area contributed by atoms with Crippen LogP contribution in [-0.2, 0) is 9.47 Å². The molecule has 2 atom stereocenters. The fourth-order valence-corrected chi connectivity index (χ4v) is 4.35. The van der Waals surface area contributed by atoms with Crippen molar-refractivity contribution in [1.29, 1.82) is 0 Å². The van der Waals surface area contributed by atoms with Crippen molar-refractivity contribution in [1.82, 2.24) is 10.2 Å². The van der Waals surface area contributed by atoms with Gasteiger partial charge < -0.3 is 19.7 Å². The molecule has 0 spiro atoms. The smallest absolute Gasteiger partial charge is 0.410 e. The first kappa shape index (κ1) is 22.1. The largest absolute Gasteiger partial charge is 0.449 e. The highest BCUT2D eigenvalue weighted by molar-refractivity contribution is 5.79. The van der Waals surface area contributed by atoms with E-state index in [9.17, 15) is 14.0 Å². The van der Waals surface area contributed by atoms with Gasteiger partial charge in [0.25, 0.3) is 0 Å². The molecular weight excluding hydrogens is 411 g/mol. The second kappa shape index (κ2) is 8.81. The molecular formula is C25H29FN2O4. The Morgan fingerprint density at radius 1 is 1.06 bits per heavy atom. The zero-order valence-corrected chi connectivity index (χ0v) is 18.6. The van der Waals surface area contributed by atoms with Crippen LogP contribution >= 0.6 is 0 Å². The molecule has 1 fully saturated rings. The first-order valence-electron chi connectivity index (χ1n) is 11.0. The van der Waals surface area contributed by atoms with E-state index in [1.165, 1.54) is 4.90 Å². The first-order chi connectivity index (χ1) is 15.2. The lowest BCUT2D eigenvalue weighted by molar-refractivity contribution is 0.00943. The van der Waals surface area contributed by atoms with Gasteiger partial charge in [0.1, 0.15) is 18.4 Å². The molecule has 1 heterocycles. The minimum absolute atomic E-state index is 0.0525. The quantitative estimate of drug-likeness (QED) is 0.739. The van der Waals surface area contributed by atoms with Gasteiger partial charge in [-0.15, -0.1) is 0 Å². The van der Waals surface area contributed by atoms with Gasteiger partial charge in [0, 0.05) is 12.5 Å². The van der Waals surface area contributed by atoms with Crippen LogP contribution in [0.1, 0.15) is 44.2 Å². The number of likely N-dealkylation sites (tertiary alicyclic amines) is 1. The van der Waals surface area contributed by atoms with E-state index in [0.29, 0.717) is 13.0 Å². The molecule has 7 heteroatoms. The number of halogens is 1. The maximum Gasteiger partial charge on any atom is 0.410 e. The van der Waals surface area contributed by atoms with Gasteiger partial charge in [0.15, 0.2) is 0 Å². The number of carbonyl (C=O) groups excluding carboxylic acids is 2. The van der Waals surface area contributed by atoms with E-state index in [4.69, 9.17) is 9.47 Å². The molecule has 0 radical (unpaired) electrons. The normalized spacial score (nSPS) is 20.3.